The Balaban J connectivity index is 0.000000240. The molecule has 0 spiro atoms. The Labute approximate surface area is 169 Å². The fourth-order valence-electron chi connectivity index (χ4n) is 2.53. The molecule has 0 aliphatic rings. The Morgan fingerprint density at radius 2 is 1.36 bits per heavy atom. The third kappa shape index (κ3) is 6.38. The summed E-state index contributed by atoms with van der Waals surface area (Å²) in [5.74, 6) is 0.429. The van der Waals surface area contributed by atoms with Crippen molar-refractivity contribution in [1.82, 2.24) is 20.2 Å². The number of benzene rings is 2. The summed E-state index contributed by atoms with van der Waals surface area (Å²) >= 11 is 0. The van der Waals surface area contributed by atoms with E-state index in [1.54, 1.807) is 12.4 Å². The molecular weight excluding hydrogens is 344 g/mol. The predicted molar refractivity (Wildman–Crippen MR) is 121 cm³/mol. The fourth-order valence-corrected chi connectivity index (χ4v) is 2.53. The lowest BCUT2D eigenvalue weighted by atomic mass is 10.0. The van der Waals surface area contributed by atoms with Gasteiger partial charge in [-0.2, -0.15) is 10.2 Å². The number of aryl methyl sites for hydroxylation is 1. The van der Waals surface area contributed by atoms with E-state index in [0.29, 0.717) is 5.92 Å². The highest BCUT2D eigenvalue weighted by Gasteiger charge is 2.05. The van der Waals surface area contributed by atoms with E-state index >= 15 is 0 Å². The van der Waals surface area contributed by atoms with Crippen molar-refractivity contribution >= 4 is 21.8 Å². The third-order valence-corrected chi connectivity index (χ3v) is 3.71. The van der Waals surface area contributed by atoms with Gasteiger partial charge in [-0.05, 0) is 25.0 Å². The van der Waals surface area contributed by atoms with E-state index in [1.807, 2.05) is 71.0 Å². The van der Waals surface area contributed by atoms with E-state index in [9.17, 15) is 0 Å². The number of nitrogens with zero attached hydrogens (tertiary/aromatic N) is 4. The molecule has 0 aliphatic heterocycles. The predicted octanol–water partition coefficient (Wildman–Crippen LogP) is 6.74. The molecule has 0 amide bonds. The summed E-state index contributed by atoms with van der Waals surface area (Å²) in [5.41, 5.74) is 3.97. The number of para-hydroxylation sites is 2. The van der Waals surface area contributed by atoms with Crippen molar-refractivity contribution in [1.29, 1.82) is 0 Å². The van der Waals surface area contributed by atoms with Crippen LogP contribution in [0.15, 0.2) is 60.9 Å². The van der Waals surface area contributed by atoms with Gasteiger partial charge in [-0.1, -0.05) is 77.9 Å². The van der Waals surface area contributed by atoms with Gasteiger partial charge in [0.25, 0.3) is 0 Å². The minimum Gasteiger partial charge on any atom is -0.253 e. The van der Waals surface area contributed by atoms with E-state index in [0.717, 1.165) is 22.4 Å². The summed E-state index contributed by atoms with van der Waals surface area (Å²) < 4.78 is 0. The second kappa shape index (κ2) is 12.5. The highest BCUT2D eigenvalue weighted by Crippen LogP contribution is 2.21. The zero-order valence-electron chi connectivity index (χ0n) is 18.1. The maximum absolute atomic E-state index is 4.31. The van der Waals surface area contributed by atoms with Crippen LogP contribution in [-0.4, -0.2) is 20.2 Å². The van der Waals surface area contributed by atoms with Crippen LogP contribution in [0.4, 0.5) is 0 Å². The molecule has 0 saturated heterocycles. The summed E-state index contributed by atoms with van der Waals surface area (Å²) in [6.07, 6.45) is 3.59. The number of fused-ring (bicyclic) bond motifs is 2. The van der Waals surface area contributed by atoms with Gasteiger partial charge in [0.05, 0.1) is 28.6 Å². The normalized spacial score (nSPS) is 9.57. The number of hydrogen-bond donors (Lipinski definition) is 0. The minimum absolute atomic E-state index is 0.429. The highest BCUT2D eigenvalue weighted by atomic mass is 15.1. The molecule has 0 N–H and O–H groups in total. The molecule has 2 aromatic carbocycles. The molecule has 148 valence electrons. The zero-order chi connectivity index (χ0) is 20.9. The fraction of sp³-hybridized carbons (Fsp3) is 0.333. The van der Waals surface area contributed by atoms with Gasteiger partial charge in [0, 0.05) is 17.0 Å². The average molecular weight is 377 g/mol. The molecule has 0 radical (unpaired) electrons. The van der Waals surface area contributed by atoms with Crippen LogP contribution in [0.25, 0.3) is 21.8 Å². The van der Waals surface area contributed by atoms with Gasteiger partial charge in [0.2, 0.25) is 0 Å². The Hall–Kier alpha value is -2.88. The van der Waals surface area contributed by atoms with Gasteiger partial charge >= 0.3 is 0 Å². The van der Waals surface area contributed by atoms with Gasteiger partial charge < -0.3 is 0 Å². The van der Waals surface area contributed by atoms with Gasteiger partial charge in [-0.15, -0.1) is 0 Å². The SMILES string of the molecule is CC.CC.CC(C)c1nncc2ccccc12.Cc1cnc2ccccc2n1. The summed E-state index contributed by atoms with van der Waals surface area (Å²) in [6, 6.07) is 16.1. The third-order valence-electron chi connectivity index (χ3n) is 3.71. The van der Waals surface area contributed by atoms with Crippen LogP contribution in [0.1, 0.15) is 58.8 Å². The molecule has 2 aromatic heterocycles. The molecule has 0 aliphatic carbocycles. The van der Waals surface area contributed by atoms with Crippen molar-refractivity contribution in [3.8, 4) is 0 Å². The maximum atomic E-state index is 4.31. The van der Waals surface area contributed by atoms with Crippen molar-refractivity contribution in [2.24, 2.45) is 0 Å². The van der Waals surface area contributed by atoms with Crippen LogP contribution in [-0.2, 0) is 0 Å². The standard InChI is InChI=1S/C11H12N2.C9H8N2.2C2H6/c1-8(2)11-10-6-4-3-5-9(10)7-12-13-11;1-7-6-10-8-4-2-3-5-9(8)11-7;2*1-2/h3-8H,1-2H3;2-6H,1H3;2*1-2H3. The monoisotopic (exact) mass is 376 g/mol. The van der Waals surface area contributed by atoms with E-state index in [1.165, 1.54) is 10.8 Å². The molecule has 4 rings (SSSR count). The molecule has 28 heavy (non-hydrogen) atoms. The minimum atomic E-state index is 0.429. The first-order valence-corrected chi connectivity index (χ1v) is 10.0. The first-order valence-electron chi connectivity index (χ1n) is 10.0. The quantitative estimate of drug-likeness (QED) is 0.369. The first kappa shape index (κ1) is 23.2. The lowest BCUT2D eigenvalue weighted by Gasteiger charge is -2.06. The largest absolute Gasteiger partial charge is 0.253 e. The maximum Gasteiger partial charge on any atom is 0.0889 e. The van der Waals surface area contributed by atoms with Crippen molar-refractivity contribution < 1.29 is 0 Å². The van der Waals surface area contributed by atoms with E-state index in [4.69, 9.17) is 0 Å². The van der Waals surface area contributed by atoms with Crippen molar-refractivity contribution in [2.45, 2.75) is 54.4 Å². The highest BCUT2D eigenvalue weighted by molar-refractivity contribution is 5.83. The van der Waals surface area contributed by atoms with Gasteiger partial charge in [-0.25, -0.2) is 4.98 Å². The van der Waals surface area contributed by atoms with Crippen molar-refractivity contribution in [3.63, 3.8) is 0 Å². The number of hydrogen-bond acceptors (Lipinski definition) is 4. The van der Waals surface area contributed by atoms with Crippen LogP contribution < -0.4 is 0 Å². The molecule has 0 bridgehead atoms. The molecule has 4 aromatic rings. The van der Waals surface area contributed by atoms with Gasteiger partial charge in [-0.3, -0.25) is 4.98 Å². The number of aromatic nitrogens is 4. The van der Waals surface area contributed by atoms with Crippen LogP contribution in [0.5, 0.6) is 0 Å². The molecule has 0 fully saturated rings. The Morgan fingerprint density at radius 1 is 0.750 bits per heavy atom. The summed E-state index contributed by atoms with van der Waals surface area (Å²) in [4.78, 5) is 8.53. The molecular formula is C24H32N4. The molecule has 0 atom stereocenters. The summed E-state index contributed by atoms with van der Waals surface area (Å²) in [5, 5.41) is 10.5. The molecule has 4 heteroatoms. The summed E-state index contributed by atoms with van der Waals surface area (Å²) in [6.45, 7) is 14.2. The second-order valence-electron chi connectivity index (χ2n) is 5.97. The second-order valence-corrected chi connectivity index (χ2v) is 5.97. The van der Waals surface area contributed by atoms with Gasteiger partial charge in [0.1, 0.15) is 0 Å². The van der Waals surface area contributed by atoms with Crippen LogP contribution in [0.2, 0.25) is 0 Å². The van der Waals surface area contributed by atoms with Crippen LogP contribution in [0.3, 0.4) is 0 Å². The number of rotatable bonds is 1. The molecule has 2 heterocycles. The zero-order valence-corrected chi connectivity index (χ0v) is 18.1. The van der Waals surface area contributed by atoms with Crippen molar-refractivity contribution in [3.05, 3.63) is 72.3 Å². The van der Waals surface area contributed by atoms with Gasteiger partial charge in [0.15, 0.2) is 0 Å². The average Bonchev–Trinajstić information content (AvgIpc) is 2.76. The lowest BCUT2D eigenvalue weighted by molar-refractivity contribution is 0.799. The van der Waals surface area contributed by atoms with E-state index in [-0.39, 0.29) is 0 Å². The molecule has 0 saturated carbocycles. The summed E-state index contributed by atoms with van der Waals surface area (Å²) in [7, 11) is 0. The first-order chi connectivity index (χ1) is 13.6. The van der Waals surface area contributed by atoms with E-state index < -0.39 is 0 Å². The van der Waals surface area contributed by atoms with Crippen LogP contribution in [0, 0.1) is 6.92 Å². The molecule has 4 nitrogen and oxygen atoms in total. The Morgan fingerprint density at radius 3 is 2.04 bits per heavy atom. The van der Waals surface area contributed by atoms with Crippen molar-refractivity contribution in [2.75, 3.05) is 0 Å². The topological polar surface area (TPSA) is 51.6 Å². The van der Waals surface area contributed by atoms with E-state index in [2.05, 4.69) is 46.1 Å². The Bertz CT molecular complexity index is 959. The smallest absolute Gasteiger partial charge is 0.0889 e. The van der Waals surface area contributed by atoms with Crippen LogP contribution >= 0.6 is 0 Å². The lowest BCUT2D eigenvalue weighted by Crippen LogP contribution is -1.95. The molecule has 0 unspecified atom stereocenters. The Kier molecular flexibility index (Phi) is 10.3.